The maximum absolute atomic E-state index is 5.69. The van der Waals surface area contributed by atoms with Gasteiger partial charge in [0.1, 0.15) is 0 Å². The number of nitrogens with two attached hydrogens (primary N) is 1. The first-order chi connectivity index (χ1) is 8.74. The standard InChI is InChI=1S/C15H22N2S/c1-3-11(2)8-13(17-16)9-12-10-18-15-7-5-4-6-14(12)15/h4-7,10-11,13,17H,3,8-9,16H2,1-2H3. The zero-order valence-corrected chi connectivity index (χ0v) is 12.0. The van der Waals surface area contributed by atoms with Crippen LogP contribution in [0, 0.1) is 5.92 Å². The van der Waals surface area contributed by atoms with Crippen molar-refractivity contribution in [2.24, 2.45) is 11.8 Å². The largest absolute Gasteiger partial charge is 0.271 e. The second-order valence-electron chi connectivity index (χ2n) is 5.07. The van der Waals surface area contributed by atoms with Crippen molar-refractivity contribution in [1.82, 2.24) is 5.43 Å². The van der Waals surface area contributed by atoms with Crippen molar-refractivity contribution >= 4 is 21.4 Å². The van der Waals surface area contributed by atoms with Gasteiger partial charge in [-0.1, -0.05) is 38.5 Å². The lowest BCUT2D eigenvalue weighted by molar-refractivity contribution is 0.397. The van der Waals surface area contributed by atoms with Gasteiger partial charge in [-0.2, -0.15) is 0 Å². The van der Waals surface area contributed by atoms with E-state index in [1.807, 2.05) is 11.3 Å². The molecule has 98 valence electrons. The zero-order valence-electron chi connectivity index (χ0n) is 11.1. The first kappa shape index (κ1) is 13.5. The molecule has 1 heterocycles. The quantitative estimate of drug-likeness (QED) is 0.615. The van der Waals surface area contributed by atoms with E-state index in [1.54, 1.807) is 0 Å². The van der Waals surface area contributed by atoms with Crippen LogP contribution in [0.3, 0.4) is 0 Å². The Morgan fingerprint density at radius 1 is 1.33 bits per heavy atom. The Labute approximate surface area is 113 Å². The monoisotopic (exact) mass is 262 g/mol. The number of hydrazine groups is 1. The summed E-state index contributed by atoms with van der Waals surface area (Å²) >= 11 is 1.82. The third-order valence-electron chi connectivity index (χ3n) is 3.65. The van der Waals surface area contributed by atoms with E-state index in [9.17, 15) is 0 Å². The first-order valence-electron chi connectivity index (χ1n) is 6.65. The summed E-state index contributed by atoms with van der Waals surface area (Å²) in [4.78, 5) is 0. The van der Waals surface area contributed by atoms with Gasteiger partial charge in [-0.3, -0.25) is 11.3 Å². The molecule has 0 amide bonds. The van der Waals surface area contributed by atoms with Gasteiger partial charge >= 0.3 is 0 Å². The van der Waals surface area contributed by atoms with Crippen molar-refractivity contribution in [1.29, 1.82) is 0 Å². The van der Waals surface area contributed by atoms with Crippen molar-refractivity contribution < 1.29 is 0 Å². The normalized spacial score (nSPS) is 14.8. The van der Waals surface area contributed by atoms with E-state index in [2.05, 4.69) is 48.9 Å². The van der Waals surface area contributed by atoms with Gasteiger partial charge in [0.25, 0.3) is 0 Å². The van der Waals surface area contributed by atoms with Crippen LogP contribution in [0.2, 0.25) is 0 Å². The summed E-state index contributed by atoms with van der Waals surface area (Å²) in [5, 5.41) is 3.65. The fourth-order valence-corrected chi connectivity index (χ4v) is 3.29. The smallest absolute Gasteiger partial charge is 0.0345 e. The van der Waals surface area contributed by atoms with Crippen molar-refractivity contribution in [2.45, 2.75) is 39.2 Å². The molecule has 0 spiro atoms. The Bertz CT molecular complexity index is 492. The second-order valence-corrected chi connectivity index (χ2v) is 5.99. The molecule has 0 bridgehead atoms. The Morgan fingerprint density at radius 3 is 2.83 bits per heavy atom. The van der Waals surface area contributed by atoms with E-state index >= 15 is 0 Å². The van der Waals surface area contributed by atoms with Crippen LogP contribution in [0.5, 0.6) is 0 Å². The SMILES string of the molecule is CCC(C)CC(Cc1csc2ccccc12)NN. The molecule has 3 heteroatoms. The summed E-state index contributed by atoms with van der Waals surface area (Å²) < 4.78 is 1.37. The average Bonchev–Trinajstić information content (AvgIpc) is 2.81. The third-order valence-corrected chi connectivity index (χ3v) is 4.66. The lowest BCUT2D eigenvalue weighted by Crippen LogP contribution is -2.37. The zero-order chi connectivity index (χ0) is 13.0. The van der Waals surface area contributed by atoms with E-state index < -0.39 is 0 Å². The highest BCUT2D eigenvalue weighted by molar-refractivity contribution is 7.17. The van der Waals surface area contributed by atoms with Gasteiger partial charge in [0.05, 0.1) is 0 Å². The Kier molecular flexibility index (Phi) is 4.75. The number of thiophene rings is 1. The molecule has 0 aliphatic heterocycles. The van der Waals surface area contributed by atoms with Gasteiger partial charge in [0.2, 0.25) is 0 Å². The van der Waals surface area contributed by atoms with Gasteiger partial charge in [0.15, 0.2) is 0 Å². The molecule has 2 aromatic rings. The van der Waals surface area contributed by atoms with Gasteiger partial charge in [0, 0.05) is 10.7 Å². The maximum atomic E-state index is 5.69. The summed E-state index contributed by atoms with van der Waals surface area (Å²) in [6, 6.07) is 8.97. The Balaban J connectivity index is 2.11. The molecule has 0 saturated carbocycles. The fraction of sp³-hybridized carbons (Fsp3) is 0.467. The van der Waals surface area contributed by atoms with E-state index in [1.165, 1.54) is 22.1 Å². The highest BCUT2D eigenvalue weighted by Crippen LogP contribution is 2.27. The number of nitrogens with one attached hydrogen (secondary N) is 1. The number of benzene rings is 1. The topological polar surface area (TPSA) is 38.0 Å². The highest BCUT2D eigenvalue weighted by Gasteiger charge is 2.13. The summed E-state index contributed by atoms with van der Waals surface area (Å²) in [6.07, 6.45) is 3.37. The van der Waals surface area contributed by atoms with Crippen LogP contribution >= 0.6 is 11.3 Å². The summed E-state index contributed by atoms with van der Waals surface area (Å²) in [5.74, 6) is 6.41. The molecule has 2 unspecified atom stereocenters. The van der Waals surface area contributed by atoms with Crippen molar-refractivity contribution in [3.8, 4) is 0 Å². The van der Waals surface area contributed by atoms with E-state index in [0.717, 1.165) is 18.8 Å². The molecule has 0 fully saturated rings. The highest BCUT2D eigenvalue weighted by atomic mass is 32.1. The summed E-state index contributed by atoms with van der Waals surface area (Å²) in [5.41, 5.74) is 4.39. The molecular weight excluding hydrogens is 240 g/mol. The van der Waals surface area contributed by atoms with Crippen LogP contribution in [-0.2, 0) is 6.42 Å². The fourth-order valence-electron chi connectivity index (χ4n) is 2.32. The summed E-state index contributed by atoms with van der Waals surface area (Å²) in [7, 11) is 0. The minimum absolute atomic E-state index is 0.373. The summed E-state index contributed by atoms with van der Waals surface area (Å²) in [6.45, 7) is 4.52. The van der Waals surface area contributed by atoms with E-state index in [0.29, 0.717) is 6.04 Å². The molecule has 18 heavy (non-hydrogen) atoms. The van der Waals surface area contributed by atoms with Gasteiger partial charge in [-0.15, -0.1) is 11.3 Å². The average molecular weight is 262 g/mol. The van der Waals surface area contributed by atoms with Crippen LogP contribution in [0.25, 0.3) is 10.1 Å². The first-order valence-corrected chi connectivity index (χ1v) is 7.53. The molecule has 0 saturated heterocycles. The number of hydrogen-bond acceptors (Lipinski definition) is 3. The van der Waals surface area contributed by atoms with Crippen LogP contribution in [0.15, 0.2) is 29.6 Å². The predicted octanol–water partition coefficient (Wildman–Crippen LogP) is 3.71. The van der Waals surface area contributed by atoms with Crippen LogP contribution in [0.1, 0.15) is 32.3 Å². The molecule has 2 atom stereocenters. The van der Waals surface area contributed by atoms with Crippen LogP contribution in [0.4, 0.5) is 0 Å². The lowest BCUT2D eigenvalue weighted by Gasteiger charge is -2.19. The van der Waals surface area contributed by atoms with Gasteiger partial charge in [-0.25, -0.2) is 0 Å². The molecule has 3 N–H and O–H groups in total. The van der Waals surface area contributed by atoms with Gasteiger partial charge < -0.3 is 0 Å². The van der Waals surface area contributed by atoms with Gasteiger partial charge in [-0.05, 0) is 41.2 Å². The molecule has 0 aliphatic carbocycles. The van der Waals surface area contributed by atoms with Crippen molar-refractivity contribution in [3.63, 3.8) is 0 Å². The number of fused-ring (bicyclic) bond motifs is 1. The Morgan fingerprint density at radius 2 is 2.11 bits per heavy atom. The van der Waals surface area contributed by atoms with E-state index in [4.69, 9.17) is 5.84 Å². The minimum atomic E-state index is 0.373. The molecule has 1 aromatic heterocycles. The van der Waals surface area contributed by atoms with Crippen molar-refractivity contribution in [3.05, 3.63) is 35.2 Å². The maximum Gasteiger partial charge on any atom is 0.0345 e. The van der Waals surface area contributed by atoms with Crippen molar-refractivity contribution in [2.75, 3.05) is 0 Å². The molecular formula is C15H22N2S. The number of rotatable bonds is 6. The predicted molar refractivity (Wildman–Crippen MR) is 80.7 cm³/mol. The number of hydrogen-bond donors (Lipinski definition) is 2. The van der Waals surface area contributed by atoms with Crippen LogP contribution < -0.4 is 11.3 Å². The van der Waals surface area contributed by atoms with Crippen LogP contribution in [-0.4, -0.2) is 6.04 Å². The molecule has 0 radical (unpaired) electrons. The van der Waals surface area contributed by atoms with E-state index in [-0.39, 0.29) is 0 Å². The minimum Gasteiger partial charge on any atom is -0.271 e. The third kappa shape index (κ3) is 3.10. The molecule has 2 nitrogen and oxygen atoms in total. The molecule has 0 aliphatic rings. The Hall–Kier alpha value is -0.900. The molecule has 2 rings (SSSR count). The second kappa shape index (κ2) is 6.32. The molecule has 1 aromatic carbocycles. The lowest BCUT2D eigenvalue weighted by atomic mass is 9.95.